The van der Waals surface area contributed by atoms with Crippen molar-refractivity contribution < 1.29 is 18.3 Å². The van der Waals surface area contributed by atoms with Crippen LogP contribution in [0.1, 0.15) is 21.1 Å². The monoisotopic (exact) mass is 315 g/mol. The van der Waals surface area contributed by atoms with Crippen molar-refractivity contribution in [1.29, 1.82) is 0 Å². The summed E-state index contributed by atoms with van der Waals surface area (Å²) in [5.41, 5.74) is 1.55. The van der Waals surface area contributed by atoms with Crippen molar-refractivity contribution in [2.75, 3.05) is 4.72 Å². The number of aromatic nitrogens is 2. The molecule has 20 heavy (non-hydrogen) atoms. The molecule has 7 nitrogen and oxygen atoms in total. The number of nitrogens with one attached hydrogen (secondary N) is 1. The third kappa shape index (κ3) is 2.41. The van der Waals surface area contributed by atoms with E-state index in [1.54, 1.807) is 25.6 Å². The lowest BCUT2D eigenvalue weighted by Crippen LogP contribution is -2.16. The van der Waals surface area contributed by atoms with Crippen LogP contribution in [0.2, 0.25) is 0 Å². The van der Waals surface area contributed by atoms with Gasteiger partial charge in [0.25, 0.3) is 10.0 Å². The molecule has 0 aliphatic rings. The fourth-order valence-corrected chi connectivity index (χ4v) is 4.21. The van der Waals surface area contributed by atoms with E-state index in [1.807, 2.05) is 0 Å². The number of carboxylic acid groups (broad SMARTS) is 1. The van der Waals surface area contributed by atoms with Gasteiger partial charge in [0.1, 0.15) is 9.77 Å². The fraction of sp³-hybridized carbons (Fsp3) is 0.273. The highest BCUT2D eigenvalue weighted by Crippen LogP contribution is 2.27. The summed E-state index contributed by atoms with van der Waals surface area (Å²) in [7, 11) is -2.25. The molecule has 0 radical (unpaired) electrons. The second-order valence-corrected chi connectivity index (χ2v) is 6.76. The summed E-state index contributed by atoms with van der Waals surface area (Å²) in [6, 6.07) is 1.28. The van der Waals surface area contributed by atoms with Gasteiger partial charge in [-0.1, -0.05) is 0 Å². The largest absolute Gasteiger partial charge is 0.477 e. The number of sulfonamides is 1. The smallest absolute Gasteiger partial charge is 0.347 e. The second kappa shape index (κ2) is 4.91. The summed E-state index contributed by atoms with van der Waals surface area (Å²) in [5, 5.41) is 14.5. The number of thiophene rings is 1. The number of carbonyl (C=O) groups is 1. The first-order valence-electron chi connectivity index (χ1n) is 5.58. The molecule has 0 unspecified atom stereocenters. The molecular weight excluding hydrogens is 302 g/mol. The predicted molar refractivity (Wildman–Crippen MR) is 74.8 cm³/mol. The summed E-state index contributed by atoms with van der Waals surface area (Å²) in [4.78, 5) is 10.6. The van der Waals surface area contributed by atoms with Gasteiger partial charge in [-0.05, 0) is 25.3 Å². The zero-order valence-corrected chi connectivity index (χ0v) is 12.7. The molecule has 9 heteroatoms. The van der Waals surface area contributed by atoms with Crippen LogP contribution in [-0.4, -0.2) is 29.3 Å². The van der Waals surface area contributed by atoms with Crippen molar-refractivity contribution in [3.05, 3.63) is 27.7 Å². The SMILES string of the molecule is Cc1nn(C)c(C)c1NS(=O)(=O)c1ccsc1C(=O)O. The van der Waals surface area contributed by atoms with Crippen LogP contribution in [0.4, 0.5) is 5.69 Å². The minimum Gasteiger partial charge on any atom is -0.477 e. The van der Waals surface area contributed by atoms with E-state index in [2.05, 4.69) is 9.82 Å². The Kier molecular flexibility index (Phi) is 3.57. The molecule has 2 aromatic rings. The van der Waals surface area contributed by atoms with Gasteiger partial charge in [-0.2, -0.15) is 5.10 Å². The number of rotatable bonds is 4. The molecule has 0 aromatic carbocycles. The Hall–Kier alpha value is -1.87. The van der Waals surface area contributed by atoms with Crippen molar-refractivity contribution in [2.45, 2.75) is 18.7 Å². The average molecular weight is 315 g/mol. The fourth-order valence-electron chi connectivity index (χ4n) is 1.78. The first-order chi connectivity index (χ1) is 9.24. The summed E-state index contributed by atoms with van der Waals surface area (Å²) >= 11 is 0.869. The normalized spacial score (nSPS) is 11.6. The lowest BCUT2D eigenvalue weighted by molar-refractivity contribution is 0.0698. The minimum absolute atomic E-state index is 0.211. The highest BCUT2D eigenvalue weighted by atomic mass is 32.2. The Morgan fingerprint density at radius 3 is 2.60 bits per heavy atom. The van der Waals surface area contributed by atoms with Gasteiger partial charge < -0.3 is 5.11 Å². The van der Waals surface area contributed by atoms with Gasteiger partial charge in [0.2, 0.25) is 0 Å². The van der Waals surface area contributed by atoms with Crippen LogP contribution in [0.25, 0.3) is 0 Å². The first-order valence-corrected chi connectivity index (χ1v) is 7.94. The molecule has 0 saturated carbocycles. The molecule has 0 saturated heterocycles. The zero-order valence-electron chi connectivity index (χ0n) is 11.0. The number of anilines is 1. The van der Waals surface area contributed by atoms with Gasteiger partial charge in [-0.15, -0.1) is 11.3 Å². The third-order valence-corrected chi connectivity index (χ3v) is 5.28. The zero-order chi connectivity index (χ0) is 15.1. The predicted octanol–water partition coefficient (Wildman–Crippen LogP) is 1.60. The van der Waals surface area contributed by atoms with Gasteiger partial charge in [0.15, 0.2) is 0 Å². The van der Waals surface area contributed by atoms with E-state index >= 15 is 0 Å². The van der Waals surface area contributed by atoms with E-state index in [1.165, 1.54) is 11.4 Å². The molecule has 0 fully saturated rings. The minimum atomic E-state index is -3.95. The van der Waals surface area contributed by atoms with Crippen LogP contribution in [0, 0.1) is 13.8 Å². The van der Waals surface area contributed by atoms with E-state index in [-0.39, 0.29) is 9.77 Å². The van der Waals surface area contributed by atoms with Gasteiger partial charge in [0, 0.05) is 7.05 Å². The first kappa shape index (κ1) is 14.5. The van der Waals surface area contributed by atoms with Gasteiger partial charge in [-0.3, -0.25) is 9.40 Å². The van der Waals surface area contributed by atoms with Crippen molar-refractivity contribution in [3.8, 4) is 0 Å². The molecule has 0 amide bonds. The summed E-state index contributed by atoms with van der Waals surface area (Å²) in [6.45, 7) is 3.40. The maximum atomic E-state index is 12.3. The van der Waals surface area contributed by atoms with Crippen LogP contribution in [0.5, 0.6) is 0 Å². The quantitative estimate of drug-likeness (QED) is 0.892. The summed E-state index contributed by atoms with van der Waals surface area (Å²) in [5.74, 6) is -1.26. The van der Waals surface area contributed by atoms with Crippen molar-refractivity contribution in [2.24, 2.45) is 7.05 Å². The van der Waals surface area contributed by atoms with E-state index in [0.29, 0.717) is 17.1 Å². The van der Waals surface area contributed by atoms with Crippen molar-refractivity contribution in [3.63, 3.8) is 0 Å². The molecule has 108 valence electrons. The van der Waals surface area contributed by atoms with Crippen LogP contribution < -0.4 is 4.72 Å². The molecule has 2 heterocycles. The lowest BCUT2D eigenvalue weighted by atomic mass is 10.3. The summed E-state index contributed by atoms with van der Waals surface area (Å²) < 4.78 is 28.6. The highest BCUT2D eigenvalue weighted by Gasteiger charge is 2.25. The average Bonchev–Trinajstić information content (AvgIpc) is 2.91. The van der Waals surface area contributed by atoms with E-state index in [4.69, 9.17) is 5.11 Å². The Morgan fingerprint density at radius 1 is 1.45 bits per heavy atom. The van der Waals surface area contributed by atoms with E-state index in [0.717, 1.165) is 11.3 Å². The van der Waals surface area contributed by atoms with Gasteiger partial charge in [-0.25, -0.2) is 13.2 Å². The number of hydrogen-bond donors (Lipinski definition) is 2. The van der Waals surface area contributed by atoms with Crippen LogP contribution >= 0.6 is 11.3 Å². The van der Waals surface area contributed by atoms with Crippen LogP contribution in [-0.2, 0) is 17.1 Å². The van der Waals surface area contributed by atoms with Gasteiger partial charge in [0.05, 0.1) is 17.1 Å². The number of hydrogen-bond acceptors (Lipinski definition) is 5. The number of aromatic carboxylic acids is 1. The number of nitrogens with zero attached hydrogens (tertiary/aromatic N) is 2. The second-order valence-electron chi connectivity index (χ2n) is 4.19. The third-order valence-electron chi connectivity index (χ3n) is 2.86. The Balaban J connectivity index is 2.46. The lowest BCUT2D eigenvalue weighted by Gasteiger charge is -2.08. The van der Waals surface area contributed by atoms with E-state index in [9.17, 15) is 13.2 Å². The number of aryl methyl sites for hydroxylation is 2. The van der Waals surface area contributed by atoms with E-state index < -0.39 is 16.0 Å². The molecule has 2 N–H and O–H groups in total. The van der Waals surface area contributed by atoms with Crippen LogP contribution in [0.15, 0.2) is 16.3 Å². The molecular formula is C11H13N3O4S2. The van der Waals surface area contributed by atoms with Crippen molar-refractivity contribution >= 4 is 33.0 Å². The number of carboxylic acids is 1. The standard InChI is InChI=1S/C11H13N3O4S2/c1-6-9(7(2)14(3)12-6)13-20(17,18)8-4-5-19-10(8)11(15)16/h4-5,13H,1-3H3,(H,15,16). The maximum Gasteiger partial charge on any atom is 0.347 e. The molecule has 0 aliphatic heterocycles. The molecule has 0 bridgehead atoms. The molecule has 0 spiro atoms. The molecule has 2 aromatic heterocycles. The molecule has 0 aliphatic carbocycles. The topological polar surface area (TPSA) is 101 Å². The molecule has 0 atom stereocenters. The van der Waals surface area contributed by atoms with Gasteiger partial charge >= 0.3 is 5.97 Å². The van der Waals surface area contributed by atoms with Crippen LogP contribution in [0.3, 0.4) is 0 Å². The Bertz CT molecular complexity index is 774. The Labute approximate surface area is 119 Å². The molecule has 2 rings (SSSR count). The Morgan fingerprint density at radius 2 is 2.10 bits per heavy atom. The summed E-state index contributed by atoms with van der Waals surface area (Å²) in [6.07, 6.45) is 0. The highest BCUT2D eigenvalue weighted by molar-refractivity contribution is 7.93. The van der Waals surface area contributed by atoms with Crippen molar-refractivity contribution in [1.82, 2.24) is 9.78 Å². The maximum absolute atomic E-state index is 12.3.